The van der Waals surface area contributed by atoms with Crippen molar-refractivity contribution in [2.45, 2.75) is 33.1 Å². The minimum Gasteiger partial charge on any atom is -0.431 e. The topological polar surface area (TPSA) is 46.3 Å². The normalized spacial score (nSPS) is 10.5. The molecule has 1 aromatic heterocycles. The Morgan fingerprint density at radius 3 is 2.65 bits per heavy atom. The van der Waals surface area contributed by atoms with E-state index in [4.69, 9.17) is 4.42 Å². The van der Waals surface area contributed by atoms with Gasteiger partial charge in [0.25, 0.3) is 0 Å². The van der Waals surface area contributed by atoms with Crippen LogP contribution in [0.2, 0.25) is 0 Å². The summed E-state index contributed by atoms with van der Waals surface area (Å²) in [6.45, 7) is 4.59. The highest BCUT2D eigenvalue weighted by atomic mass is 16.4. The van der Waals surface area contributed by atoms with Gasteiger partial charge in [0, 0.05) is 6.54 Å². The number of aryl methyl sites for hydroxylation is 1. The number of hydrogen-bond donors (Lipinski definition) is 0. The Morgan fingerprint density at radius 2 is 2.05 bits per heavy atom. The minimum atomic E-state index is 0.0199. The highest BCUT2D eigenvalue weighted by molar-refractivity contribution is 5.92. The number of anilines is 1. The fourth-order valence-corrected chi connectivity index (χ4v) is 1.97. The second kappa shape index (κ2) is 6.89. The first-order valence-electron chi connectivity index (χ1n) is 6.97. The summed E-state index contributed by atoms with van der Waals surface area (Å²) in [5, 5.41) is 0. The van der Waals surface area contributed by atoms with E-state index >= 15 is 0 Å². The van der Waals surface area contributed by atoms with Crippen LogP contribution >= 0.6 is 0 Å². The molecule has 0 saturated heterocycles. The van der Waals surface area contributed by atoms with Crippen molar-refractivity contribution in [1.29, 1.82) is 0 Å². The summed E-state index contributed by atoms with van der Waals surface area (Å²) in [5.74, 6) is 0.0199. The van der Waals surface area contributed by atoms with Crippen molar-refractivity contribution in [3.63, 3.8) is 0 Å². The molecule has 106 valence electrons. The van der Waals surface area contributed by atoms with Crippen LogP contribution in [0.25, 0.3) is 0 Å². The number of aromatic nitrogens is 1. The number of amides is 1. The van der Waals surface area contributed by atoms with Crippen LogP contribution in [0.5, 0.6) is 0 Å². The second-order valence-corrected chi connectivity index (χ2v) is 4.83. The lowest BCUT2D eigenvalue weighted by Gasteiger charge is -2.18. The molecule has 2 rings (SSSR count). The Kier molecular flexibility index (Phi) is 4.93. The van der Waals surface area contributed by atoms with Gasteiger partial charge < -0.3 is 4.42 Å². The van der Waals surface area contributed by atoms with E-state index in [1.54, 1.807) is 11.2 Å². The molecule has 0 N–H and O–H groups in total. The molecular formula is C16H20N2O2. The zero-order valence-electron chi connectivity index (χ0n) is 12.0. The van der Waals surface area contributed by atoms with Gasteiger partial charge in [0.2, 0.25) is 5.91 Å². The zero-order chi connectivity index (χ0) is 14.4. The summed E-state index contributed by atoms with van der Waals surface area (Å²) >= 11 is 0. The third kappa shape index (κ3) is 3.70. The Balaban J connectivity index is 2.11. The van der Waals surface area contributed by atoms with E-state index in [-0.39, 0.29) is 5.91 Å². The molecule has 1 aromatic carbocycles. The molecule has 4 heteroatoms. The van der Waals surface area contributed by atoms with E-state index < -0.39 is 0 Å². The molecule has 0 unspecified atom stereocenters. The van der Waals surface area contributed by atoms with Crippen LogP contribution in [0.1, 0.15) is 31.0 Å². The number of carbonyl (C=O) groups is 1. The fraction of sp³-hybridized carbons (Fsp3) is 0.375. The fourth-order valence-electron chi connectivity index (χ4n) is 1.97. The summed E-state index contributed by atoms with van der Waals surface area (Å²) < 4.78 is 5.38. The summed E-state index contributed by atoms with van der Waals surface area (Å²) in [4.78, 5) is 18.4. The number of carbonyl (C=O) groups excluding carboxylic acids is 1. The van der Waals surface area contributed by atoms with Crippen LogP contribution in [0.3, 0.4) is 0 Å². The third-order valence-electron chi connectivity index (χ3n) is 3.07. The van der Waals surface area contributed by atoms with Gasteiger partial charge in [-0.3, -0.25) is 9.69 Å². The summed E-state index contributed by atoms with van der Waals surface area (Å²) in [6.07, 6.45) is 3.90. The average Bonchev–Trinajstić information content (AvgIpc) is 2.87. The summed E-state index contributed by atoms with van der Waals surface area (Å²) in [5.41, 5.74) is 1.79. The van der Waals surface area contributed by atoms with Gasteiger partial charge in [-0.1, -0.05) is 43.7 Å². The maximum absolute atomic E-state index is 12.5. The Bertz CT molecular complexity index is 549. The standard InChI is InChI=1S/C16H20N2O2/c1-3-4-10-18(16-17-13(2)12-20-16)15(19)11-14-8-6-5-7-9-14/h5-9,12H,3-4,10-11H2,1-2H3. The highest BCUT2D eigenvalue weighted by Gasteiger charge is 2.19. The van der Waals surface area contributed by atoms with Crippen LogP contribution in [0, 0.1) is 6.92 Å². The summed E-state index contributed by atoms with van der Waals surface area (Å²) in [7, 11) is 0. The highest BCUT2D eigenvalue weighted by Crippen LogP contribution is 2.16. The monoisotopic (exact) mass is 272 g/mol. The maximum atomic E-state index is 12.5. The lowest BCUT2D eigenvalue weighted by atomic mass is 10.1. The molecule has 4 nitrogen and oxygen atoms in total. The van der Waals surface area contributed by atoms with Gasteiger partial charge in [-0.05, 0) is 18.9 Å². The van der Waals surface area contributed by atoms with Crippen LogP contribution in [-0.4, -0.2) is 17.4 Å². The SMILES string of the molecule is CCCCN(C(=O)Cc1ccccc1)c1nc(C)co1. The number of oxazole rings is 1. The van der Waals surface area contributed by atoms with E-state index in [1.165, 1.54) is 0 Å². The molecule has 0 aliphatic heterocycles. The quantitative estimate of drug-likeness (QED) is 0.810. The van der Waals surface area contributed by atoms with Crippen molar-refractivity contribution in [3.8, 4) is 0 Å². The summed E-state index contributed by atoms with van der Waals surface area (Å²) in [6, 6.07) is 10.1. The lowest BCUT2D eigenvalue weighted by Crippen LogP contribution is -2.33. The second-order valence-electron chi connectivity index (χ2n) is 4.83. The van der Waals surface area contributed by atoms with Crippen molar-refractivity contribution in [3.05, 3.63) is 47.9 Å². The number of hydrogen-bond acceptors (Lipinski definition) is 3. The molecule has 0 fully saturated rings. The molecular weight excluding hydrogens is 252 g/mol. The maximum Gasteiger partial charge on any atom is 0.304 e. The zero-order valence-corrected chi connectivity index (χ0v) is 12.0. The molecule has 0 aliphatic carbocycles. The van der Waals surface area contributed by atoms with E-state index in [9.17, 15) is 4.79 Å². The van der Waals surface area contributed by atoms with Crippen molar-refractivity contribution in [2.75, 3.05) is 11.4 Å². The van der Waals surface area contributed by atoms with Gasteiger partial charge in [0.1, 0.15) is 6.26 Å². The van der Waals surface area contributed by atoms with E-state index in [0.29, 0.717) is 19.0 Å². The van der Waals surface area contributed by atoms with Crippen LogP contribution in [-0.2, 0) is 11.2 Å². The molecule has 0 spiro atoms. The van der Waals surface area contributed by atoms with Crippen LogP contribution in [0.15, 0.2) is 41.0 Å². The van der Waals surface area contributed by atoms with Crippen LogP contribution in [0.4, 0.5) is 6.01 Å². The van der Waals surface area contributed by atoms with Crippen molar-refractivity contribution >= 4 is 11.9 Å². The number of nitrogens with zero attached hydrogens (tertiary/aromatic N) is 2. The average molecular weight is 272 g/mol. The number of rotatable bonds is 6. The van der Waals surface area contributed by atoms with Crippen molar-refractivity contribution in [2.24, 2.45) is 0 Å². The predicted octanol–water partition coefficient (Wildman–Crippen LogP) is 3.36. The molecule has 0 radical (unpaired) electrons. The minimum absolute atomic E-state index is 0.0199. The molecule has 0 aliphatic rings. The van der Waals surface area contributed by atoms with E-state index in [1.807, 2.05) is 37.3 Å². The van der Waals surface area contributed by atoms with Crippen molar-refractivity contribution in [1.82, 2.24) is 4.98 Å². The smallest absolute Gasteiger partial charge is 0.304 e. The Hall–Kier alpha value is -2.10. The first-order valence-corrected chi connectivity index (χ1v) is 6.97. The van der Waals surface area contributed by atoms with Crippen LogP contribution < -0.4 is 4.90 Å². The largest absolute Gasteiger partial charge is 0.431 e. The molecule has 20 heavy (non-hydrogen) atoms. The van der Waals surface area contributed by atoms with Gasteiger partial charge in [-0.15, -0.1) is 0 Å². The first-order chi connectivity index (χ1) is 9.70. The Labute approximate surface area is 119 Å². The van der Waals surface area contributed by atoms with E-state index in [2.05, 4.69) is 11.9 Å². The lowest BCUT2D eigenvalue weighted by molar-refractivity contribution is -0.118. The van der Waals surface area contributed by atoms with Gasteiger partial charge >= 0.3 is 6.01 Å². The van der Waals surface area contributed by atoms with Gasteiger partial charge in [-0.25, -0.2) is 0 Å². The molecule has 0 atom stereocenters. The number of unbranched alkanes of at least 4 members (excludes halogenated alkanes) is 1. The van der Waals surface area contributed by atoms with Crippen molar-refractivity contribution < 1.29 is 9.21 Å². The van der Waals surface area contributed by atoms with E-state index in [0.717, 1.165) is 24.1 Å². The molecule has 1 heterocycles. The first kappa shape index (κ1) is 14.3. The van der Waals surface area contributed by atoms with Gasteiger partial charge in [0.05, 0.1) is 12.1 Å². The Morgan fingerprint density at radius 1 is 1.30 bits per heavy atom. The molecule has 0 bridgehead atoms. The molecule has 1 amide bonds. The molecule has 0 saturated carbocycles. The van der Waals surface area contributed by atoms with Gasteiger partial charge in [0.15, 0.2) is 0 Å². The van der Waals surface area contributed by atoms with Gasteiger partial charge in [-0.2, -0.15) is 4.98 Å². The number of benzene rings is 1. The molecule has 2 aromatic rings. The predicted molar refractivity (Wildman–Crippen MR) is 78.6 cm³/mol. The third-order valence-corrected chi connectivity index (χ3v) is 3.07.